The first kappa shape index (κ1) is 11.7. The molecule has 0 bridgehead atoms. The average molecular weight is 226 g/mol. The molecule has 0 saturated carbocycles. The lowest BCUT2D eigenvalue weighted by atomic mass is 10.2. The molecule has 1 aromatic carbocycles. The normalized spacial score (nSPS) is 10.9. The van der Waals surface area contributed by atoms with Crippen molar-refractivity contribution in [2.24, 2.45) is 0 Å². The van der Waals surface area contributed by atoms with Gasteiger partial charge in [0.25, 0.3) is 0 Å². The molecule has 0 radical (unpaired) electrons. The van der Waals surface area contributed by atoms with Gasteiger partial charge in [-0.1, -0.05) is 30.4 Å². The molecule has 0 spiro atoms. The monoisotopic (exact) mass is 226 g/mol. The molecule has 17 heavy (non-hydrogen) atoms. The maximum atomic E-state index is 3.78. The first-order valence-electron chi connectivity index (χ1n) is 5.84. The molecule has 0 fully saturated rings. The molecular weight excluding hydrogens is 208 g/mol. The van der Waals surface area contributed by atoms with Crippen molar-refractivity contribution in [1.82, 2.24) is 9.88 Å². The van der Waals surface area contributed by atoms with Gasteiger partial charge in [-0.05, 0) is 17.5 Å². The SMILES string of the molecule is C=CCN(CC=C)Cc1cc2ccccc2[nH]1. The van der Waals surface area contributed by atoms with Gasteiger partial charge < -0.3 is 4.98 Å². The highest BCUT2D eigenvalue weighted by molar-refractivity contribution is 5.80. The smallest absolute Gasteiger partial charge is 0.0456 e. The molecule has 0 atom stereocenters. The fourth-order valence-corrected chi connectivity index (χ4v) is 2.03. The fraction of sp³-hybridized carbons (Fsp3) is 0.200. The molecular formula is C15H18N2. The molecule has 0 aliphatic rings. The fourth-order valence-electron chi connectivity index (χ4n) is 2.03. The van der Waals surface area contributed by atoms with Crippen LogP contribution in [0, 0.1) is 0 Å². The Morgan fingerprint density at radius 3 is 2.47 bits per heavy atom. The van der Waals surface area contributed by atoms with E-state index >= 15 is 0 Å². The third-order valence-electron chi connectivity index (χ3n) is 2.75. The number of aromatic amines is 1. The number of nitrogens with zero attached hydrogens (tertiary/aromatic N) is 1. The van der Waals surface area contributed by atoms with E-state index in [0.29, 0.717) is 0 Å². The van der Waals surface area contributed by atoms with Crippen LogP contribution in [0.1, 0.15) is 5.69 Å². The first-order chi connectivity index (χ1) is 8.33. The Bertz CT molecular complexity index is 467. The number of H-pyrrole nitrogens is 1. The van der Waals surface area contributed by atoms with Gasteiger partial charge in [-0.2, -0.15) is 0 Å². The Hall–Kier alpha value is -1.80. The summed E-state index contributed by atoms with van der Waals surface area (Å²) < 4.78 is 0. The molecule has 88 valence electrons. The van der Waals surface area contributed by atoms with Gasteiger partial charge in [-0.3, -0.25) is 4.90 Å². The summed E-state index contributed by atoms with van der Waals surface area (Å²) in [6.45, 7) is 10.2. The van der Waals surface area contributed by atoms with E-state index in [4.69, 9.17) is 0 Å². The van der Waals surface area contributed by atoms with Crippen molar-refractivity contribution in [3.05, 3.63) is 61.3 Å². The molecule has 0 aliphatic carbocycles. The van der Waals surface area contributed by atoms with E-state index in [2.05, 4.69) is 47.3 Å². The van der Waals surface area contributed by atoms with Crippen molar-refractivity contribution in [3.8, 4) is 0 Å². The Labute approximate surface area is 102 Å². The van der Waals surface area contributed by atoms with Crippen molar-refractivity contribution >= 4 is 10.9 Å². The number of hydrogen-bond acceptors (Lipinski definition) is 1. The van der Waals surface area contributed by atoms with E-state index in [1.807, 2.05) is 18.2 Å². The van der Waals surface area contributed by atoms with Gasteiger partial charge in [-0.15, -0.1) is 13.2 Å². The van der Waals surface area contributed by atoms with Crippen molar-refractivity contribution in [2.45, 2.75) is 6.54 Å². The minimum atomic E-state index is 0.876. The summed E-state index contributed by atoms with van der Waals surface area (Å²) in [5.74, 6) is 0. The quantitative estimate of drug-likeness (QED) is 0.748. The molecule has 1 heterocycles. The van der Waals surface area contributed by atoms with Crippen LogP contribution in [0.2, 0.25) is 0 Å². The number of benzene rings is 1. The summed E-state index contributed by atoms with van der Waals surface area (Å²) in [7, 11) is 0. The standard InChI is InChI=1S/C15H18N2/c1-3-9-17(10-4-2)12-14-11-13-7-5-6-8-15(13)16-14/h3-8,11,16H,1-2,9-10,12H2. The Morgan fingerprint density at radius 1 is 1.12 bits per heavy atom. The maximum absolute atomic E-state index is 3.78. The zero-order valence-corrected chi connectivity index (χ0v) is 10.0. The molecule has 1 aromatic heterocycles. The van der Waals surface area contributed by atoms with Gasteiger partial charge in [0.2, 0.25) is 0 Å². The lowest BCUT2D eigenvalue weighted by Gasteiger charge is -2.17. The van der Waals surface area contributed by atoms with Crippen LogP contribution in [0.5, 0.6) is 0 Å². The van der Waals surface area contributed by atoms with E-state index in [9.17, 15) is 0 Å². The minimum absolute atomic E-state index is 0.876. The van der Waals surface area contributed by atoms with Crippen LogP contribution in [0.15, 0.2) is 55.6 Å². The van der Waals surface area contributed by atoms with Crippen LogP contribution in [-0.2, 0) is 6.54 Å². The first-order valence-corrected chi connectivity index (χ1v) is 5.84. The lowest BCUT2D eigenvalue weighted by Crippen LogP contribution is -2.23. The van der Waals surface area contributed by atoms with Gasteiger partial charge >= 0.3 is 0 Å². The molecule has 2 nitrogen and oxygen atoms in total. The van der Waals surface area contributed by atoms with Crippen molar-refractivity contribution in [1.29, 1.82) is 0 Å². The van der Waals surface area contributed by atoms with Crippen LogP contribution in [0.3, 0.4) is 0 Å². The third-order valence-corrected chi connectivity index (χ3v) is 2.75. The summed E-state index contributed by atoms with van der Waals surface area (Å²) in [5.41, 5.74) is 2.43. The summed E-state index contributed by atoms with van der Waals surface area (Å²) in [6.07, 6.45) is 3.85. The number of para-hydroxylation sites is 1. The second kappa shape index (κ2) is 5.51. The highest BCUT2D eigenvalue weighted by Crippen LogP contribution is 2.15. The van der Waals surface area contributed by atoms with Gasteiger partial charge in [0, 0.05) is 30.8 Å². The number of nitrogens with one attached hydrogen (secondary N) is 1. The summed E-state index contributed by atoms with van der Waals surface area (Å²) in [6, 6.07) is 10.5. The number of fused-ring (bicyclic) bond motifs is 1. The third kappa shape index (κ3) is 2.86. The Balaban J connectivity index is 2.15. The molecule has 0 unspecified atom stereocenters. The predicted molar refractivity (Wildman–Crippen MR) is 74.0 cm³/mol. The van der Waals surface area contributed by atoms with Crippen LogP contribution in [0.25, 0.3) is 10.9 Å². The second-order valence-corrected chi connectivity index (χ2v) is 4.15. The highest BCUT2D eigenvalue weighted by atomic mass is 15.1. The van der Waals surface area contributed by atoms with Gasteiger partial charge in [0.15, 0.2) is 0 Å². The average Bonchev–Trinajstić information content (AvgIpc) is 2.71. The van der Waals surface area contributed by atoms with Crippen LogP contribution in [-0.4, -0.2) is 23.0 Å². The largest absolute Gasteiger partial charge is 0.357 e. The Kier molecular flexibility index (Phi) is 3.78. The lowest BCUT2D eigenvalue weighted by molar-refractivity contribution is 0.324. The predicted octanol–water partition coefficient (Wildman–Crippen LogP) is 3.34. The summed E-state index contributed by atoms with van der Waals surface area (Å²) in [4.78, 5) is 5.72. The number of hydrogen-bond donors (Lipinski definition) is 1. The van der Waals surface area contributed by atoms with Crippen LogP contribution < -0.4 is 0 Å². The summed E-state index contributed by atoms with van der Waals surface area (Å²) >= 11 is 0. The molecule has 0 aliphatic heterocycles. The van der Waals surface area contributed by atoms with Crippen molar-refractivity contribution in [3.63, 3.8) is 0 Å². The van der Waals surface area contributed by atoms with Crippen LogP contribution in [0.4, 0.5) is 0 Å². The second-order valence-electron chi connectivity index (χ2n) is 4.15. The maximum Gasteiger partial charge on any atom is 0.0456 e. The van der Waals surface area contributed by atoms with E-state index in [1.54, 1.807) is 0 Å². The van der Waals surface area contributed by atoms with E-state index < -0.39 is 0 Å². The topological polar surface area (TPSA) is 19.0 Å². The van der Waals surface area contributed by atoms with E-state index in [-0.39, 0.29) is 0 Å². The molecule has 2 rings (SSSR count). The zero-order valence-electron chi connectivity index (χ0n) is 10.0. The zero-order chi connectivity index (χ0) is 12.1. The van der Waals surface area contributed by atoms with Crippen molar-refractivity contribution < 1.29 is 0 Å². The minimum Gasteiger partial charge on any atom is -0.357 e. The molecule has 0 amide bonds. The van der Waals surface area contributed by atoms with E-state index in [0.717, 1.165) is 19.6 Å². The Morgan fingerprint density at radius 2 is 1.82 bits per heavy atom. The molecule has 2 aromatic rings. The molecule has 0 saturated heterocycles. The molecule has 2 heteroatoms. The summed E-state index contributed by atoms with van der Waals surface area (Å²) in [5, 5.41) is 1.26. The van der Waals surface area contributed by atoms with Crippen LogP contribution >= 0.6 is 0 Å². The van der Waals surface area contributed by atoms with Crippen molar-refractivity contribution in [2.75, 3.05) is 13.1 Å². The molecule has 1 N–H and O–H groups in total. The van der Waals surface area contributed by atoms with Gasteiger partial charge in [0.1, 0.15) is 0 Å². The van der Waals surface area contributed by atoms with Gasteiger partial charge in [0.05, 0.1) is 0 Å². The van der Waals surface area contributed by atoms with Gasteiger partial charge in [-0.25, -0.2) is 0 Å². The highest BCUT2D eigenvalue weighted by Gasteiger charge is 2.05. The number of rotatable bonds is 6. The number of aromatic nitrogens is 1. The van der Waals surface area contributed by atoms with E-state index in [1.165, 1.54) is 16.6 Å².